The third kappa shape index (κ3) is 3.32. The maximum absolute atomic E-state index is 9.64. The minimum Gasteiger partial charge on any atom is -0.504 e. The maximum Gasteiger partial charge on any atom is 0.160 e. The molecule has 20 heavy (non-hydrogen) atoms. The van der Waals surface area contributed by atoms with Gasteiger partial charge in [0, 0.05) is 21.8 Å². The average Bonchev–Trinajstić information content (AvgIpc) is 2.86. The second-order valence-corrected chi connectivity index (χ2v) is 6.31. The fraction of sp³-hybridized carbons (Fsp3) is 0.375. The fourth-order valence-corrected chi connectivity index (χ4v) is 3.09. The SMILES string of the molecule is COc1cc(C(C)NC(C)c2ccc(C)s2)ccc1O. The number of hydrogen-bond acceptors (Lipinski definition) is 4. The van der Waals surface area contributed by atoms with Crippen LogP contribution in [-0.2, 0) is 0 Å². The van der Waals surface area contributed by atoms with Crippen molar-refractivity contribution in [3.05, 3.63) is 45.6 Å². The van der Waals surface area contributed by atoms with Crippen molar-refractivity contribution in [1.82, 2.24) is 5.32 Å². The van der Waals surface area contributed by atoms with E-state index >= 15 is 0 Å². The van der Waals surface area contributed by atoms with Gasteiger partial charge in [-0.1, -0.05) is 6.07 Å². The van der Waals surface area contributed by atoms with Gasteiger partial charge in [-0.05, 0) is 50.6 Å². The highest BCUT2D eigenvalue weighted by molar-refractivity contribution is 7.12. The Hall–Kier alpha value is -1.52. The topological polar surface area (TPSA) is 41.5 Å². The predicted molar refractivity (Wildman–Crippen MR) is 83.7 cm³/mol. The lowest BCUT2D eigenvalue weighted by molar-refractivity contribution is 0.372. The number of nitrogens with one attached hydrogen (secondary N) is 1. The van der Waals surface area contributed by atoms with Crippen LogP contribution in [0.3, 0.4) is 0 Å². The van der Waals surface area contributed by atoms with Crippen LogP contribution >= 0.6 is 11.3 Å². The molecule has 1 heterocycles. The number of methoxy groups -OCH3 is 1. The van der Waals surface area contributed by atoms with E-state index in [4.69, 9.17) is 4.74 Å². The van der Waals surface area contributed by atoms with E-state index < -0.39 is 0 Å². The molecule has 3 nitrogen and oxygen atoms in total. The molecule has 2 aromatic rings. The van der Waals surface area contributed by atoms with Crippen molar-refractivity contribution < 1.29 is 9.84 Å². The van der Waals surface area contributed by atoms with Gasteiger partial charge in [0.15, 0.2) is 11.5 Å². The third-order valence-corrected chi connectivity index (χ3v) is 4.58. The van der Waals surface area contributed by atoms with Crippen molar-refractivity contribution in [2.45, 2.75) is 32.9 Å². The number of phenolic OH excluding ortho intramolecular Hbond substituents is 1. The first-order valence-electron chi connectivity index (χ1n) is 6.70. The normalized spacial score (nSPS) is 14.0. The van der Waals surface area contributed by atoms with Crippen LogP contribution in [0.1, 0.15) is 41.2 Å². The summed E-state index contributed by atoms with van der Waals surface area (Å²) in [5.74, 6) is 0.682. The monoisotopic (exact) mass is 291 g/mol. The van der Waals surface area contributed by atoms with Crippen molar-refractivity contribution in [3.63, 3.8) is 0 Å². The Kier molecular flexibility index (Phi) is 4.68. The van der Waals surface area contributed by atoms with E-state index in [1.807, 2.05) is 23.5 Å². The number of thiophene rings is 1. The van der Waals surface area contributed by atoms with Gasteiger partial charge in [-0.2, -0.15) is 0 Å². The summed E-state index contributed by atoms with van der Waals surface area (Å²) in [5.41, 5.74) is 1.10. The van der Waals surface area contributed by atoms with Crippen LogP contribution in [0.15, 0.2) is 30.3 Å². The molecule has 0 bridgehead atoms. The van der Waals surface area contributed by atoms with Crippen LogP contribution in [0.5, 0.6) is 11.5 Å². The molecule has 0 spiro atoms. The zero-order chi connectivity index (χ0) is 14.7. The number of hydrogen-bond donors (Lipinski definition) is 2. The highest BCUT2D eigenvalue weighted by Crippen LogP contribution is 2.30. The highest BCUT2D eigenvalue weighted by atomic mass is 32.1. The van der Waals surface area contributed by atoms with Gasteiger partial charge in [0.05, 0.1) is 7.11 Å². The summed E-state index contributed by atoms with van der Waals surface area (Å²) in [6, 6.07) is 10.3. The molecule has 1 aromatic carbocycles. The van der Waals surface area contributed by atoms with Crippen molar-refractivity contribution in [2.24, 2.45) is 0 Å². The molecule has 0 aliphatic heterocycles. The Bertz CT molecular complexity index is 580. The zero-order valence-corrected chi connectivity index (χ0v) is 13.1. The van der Waals surface area contributed by atoms with Crippen LogP contribution in [-0.4, -0.2) is 12.2 Å². The number of aryl methyl sites for hydroxylation is 1. The van der Waals surface area contributed by atoms with E-state index in [-0.39, 0.29) is 11.8 Å². The first-order valence-corrected chi connectivity index (χ1v) is 7.52. The average molecular weight is 291 g/mol. The molecule has 2 rings (SSSR count). The molecule has 2 atom stereocenters. The van der Waals surface area contributed by atoms with Crippen molar-refractivity contribution in [1.29, 1.82) is 0 Å². The molecule has 0 aliphatic carbocycles. The summed E-state index contributed by atoms with van der Waals surface area (Å²) in [6.07, 6.45) is 0. The van der Waals surface area contributed by atoms with E-state index in [2.05, 4.69) is 38.2 Å². The Morgan fingerprint density at radius 2 is 1.90 bits per heavy atom. The number of ether oxygens (including phenoxy) is 1. The molecule has 0 saturated carbocycles. The molecule has 0 aliphatic rings. The Balaban J connectivity index is 2.09. The van der Waals surface area contributed by atoms with E-state index in [1.54, 1.807) is 13.2 Å². The minimum absolute atomic E-state index is 0.172. The molecular formula is C16H21NO2S. The summed E-state index contributed by atoms with van der Waals surface area (Å²) in [7, 11) is 1.56. The summed E-state index contributed by atoms with van der Waals surface area (Å²) < 4.78 is 5.15. The summed E-state index contributed by atoms with van der Waals surface area (Å²) in [6.45, 7) is 6.40. The first-order chi connectivity index (χ1) is 9.51. The van der Waals surface area contributed by atoms with Crippen molar-refractivity contribution in [2.75, 3.05) is 7.11 Å². The Morgan fingerprint density at radius 3 is 2.50 bits per heavy atom. The quantitative estimate of drug-likeness (QED) is 0.868. The largest absolute Gasteiger partial charge is 0.504 e. The van der Waals surface area contributed by atoms with Gasteiger partial charge in [0.25, 0.3) is 0 Å². The Labute approximate surface area is 124 Å². The van der Waals surface area contributed by atoms with Crippen LogP contribution in [0.2, 0.25) is 0 Å². The summed E-state index contributed by atoms with van der Waals surface area (Å²) in [5, 5.41) is 13.2. The first kappa shape index (κ1) is 14.9. The van der Waals surface area contributed by atoms with Crippen LogP contribution < -0.4 is 10.1 Å². The number of aromatic hydroxyl groups is 1. The van der Waals surface area contributed by atoms with Gasteiger partial charge in [0.1, 0.15) is 0 Å². The number of phenols is 1. The van der Waals surface area contributed by atoms with Crippen LogP contribution in [0.4, 0.5) is 0 Å². The maximum atomic E-state index is 9.64. The molecule has 0 amide bonds. The van der Waals surface area contributed by atoms with E-state index in [0.717, 1.165) is 5.56 Å². The van der Waals surface area contributed by atoms with Gasteiger partial charge in [-0.25, -0.2) is 0 Å². The van der Waals surface area contributed by atoms with E-state index in [0.29, 0.717) is 11.8 Å². The van der Waals surface area contributed by atoms with E-state index in [9.17, 15) is 5.11 Å². The second-order valence-electron chi connectivity index (χ2n) is 4.99. The van der Waals surface area contributed by atoms with E-state index in [1.165, 1.54) is 9.75 Å². The van der Waals surface area contributed by atoms with Gasteiger partial charge >= 0.3 is 0 Å². The minimum atomic E-state index is 0.172. The van der Waals surface area contributed by atoms with Crippen LogP contribution in [0.25, 0.3) is 0 Å². The zero-order valence-electron chi connectivity index (χ0n) is 12.3. The molecule has 2 N–H and O–H groups in total. The van der Waals surface area contributed by atoms with Gasteiger partial charge in [-0.15, -0.1) is 11.3 Å². The van der Waals surface area contributed by atoms with Gasteiger partial charge < -0.3 is 15.2 Å². The molecule has 2 unspecified atom stereocenters. The summed E-state index contributed by atoms with van der Waals surface area (Å²) in [4.78, 5) is 2.66. The van der Waals surface area contributed by atoms with Gasteiger partial charge in [0.2, 0.25) is 0 Å². The highest BCUT2D eigenvalue weighted by Gasteiger charge is 2.14. The molecule has 0 radical (unpaired) electrons. The van der Waals surface area contributed by atoms with Gasteiger partial charge in [-0.3, -0.25) is 0 Å². The third-order valence-electron chi connectivity index (χ3n) is 3.39. The predicted octanol–water partition coefficient (Wildman–Crippen LogP) is 4.18. The summed E-state index contributed by atoms with van der Waals surface area (Å²) >= 11 is 1.82. The van der Waals surface area contributed by atoms with Crippen molar-refractivity contribution >= 4 is 11.3 Å². The molecule has 0 fully saturated rings. The lowest BCUT2D eigenvalue weighted by Crippen LogP contribution is -2.21. The second kappa shape index (κ2) is 6.29. The lowest BCUT2D eigenvalue weighted by atomic mass is 10.1. The van der Waals surface area contributed by atoms with Crippen LogP contribution in [0, 0.1) is 6.92 Å². The molecule has 4 heteroatoms. The molecule has 108 valence electrons. The number of rotatable bonds is 5. The number of benzene rings is 1. The standard InChI is InChI=1S/C16H21NO2S/c1-10-5-8-16(20-10)12(3)17-11(2)13-6-7-14(18)15(9-13)19-4/h5-9,11-12,17-18H,1-4H3. The Morgan fingerprint density at radius 1 is 1.15 bits per heavy atom. The smallest absolute Gasteiger partial charge is 0.160 e. The van der Waals surface area contributed by atoms with Crippen molar-refractivity contribution in [3.8, 4) is 11.5 Å². The molecular weight excluding hydrogens is 270 g/mol. The molecule has 0 saturated heterocycles. The lowest BCUT2D eigenvalue weighted by Gasteiger charge is -2.20. The fourth-order valence-electron chi connectivity index (χ4n) is 2.20. The molecule has 1 aromatic heterocycles.